The van der Waals surface area contributed by atoms with Gasteiger partial charge in [0.05, 0.1) is 3.57 Å². The highest BCUT2D eigenvalue weighted by Gasteiger charge is 2.03. The molecule has 0 unspecified atom stereocenters. The van der Waals surface area contributed by atoms with Gasteiger partial charge in [-0.3, -0.25) is 0 Å². The third-order valence-electron chi connectivity index (χ3n) is 2.49. The molecule has 0 aliphatic heterocycles. The first kappa shape index (κ1) is 12.2. The first-order valence-electron chi connectivity index (χ1n) is 5.51. The first-order valence-corrected chi connectivity index (χ1v) is 6.58. The Hall–Kier alpha value is -1.23. The van der Waals surface area contributed by atoms with Gasteiger partial charge in [-0.05, 0) is 64.9 Å². The SMILES string of the molecule is CCc1cccc(Oc2ccc(N)cc2I)c1. The Morgan fingerprint density at radius 3 is 2.71 bits per heavy atom. The molecule has 2 rings (SSSR count). The third-order valence-corrected chi connectivity index (χ3v) is 3.33. The molecule has 17 heavy (non-hydrogen) atoms. The van der Waals surface area contributed by atoms with Crippen molar-refractivity contribution >= 4 is 28.3 Å². The molecule has 0 aliphatic rings. The zero-order valence-electron chi connectivity index (χ0n) is 9.61. The van der Waals surface area contributed by atoms with Gasteiger partial charge in [-0.2, -0.15) is 0 Å². The average Bonchev–Trinajstić information content (AvgIpc) is 2.33. The van der Waals surface area contributed by atoms with Gasteiger partial charge in [0.2, 0.25) is 0 Å². The molecule has 0 saturated heterocycles. The molecule has 0 saturated carbocycles. The first-order chi connectivity index (χ1) is 8.19. The van der Waals surface area contributed by atoms with Crippen molar-refractivity contribution in [3.05, 3.63) is 51.6 Å². The second-order valence-corrected chi connectivity index (χ2v) is 4.96. The van der Waals surface area contributed by atoms with E-state index < -0.39 is 0 Å². The molecule has 2 aromatic carbocycles. The summed E-state index contributed by atoms with van der Waals surface area (Å²) in [6, 6.07) is 13.8. The molecular weight excluding hydrogens is 325 g/mol. The van der Waals surface area contributed by atoms with Gasteiger partial charge in [-0.15, -0.1) is 0 Å². The van der Waals surface area contributed by atoms with Crippen molar-refractivity contribution in [1.29, 1.82) is 0 Å². The lowest BCUT2D eigenvalue weighted by Crippen LogP contribution is -1.91. The minimum Gasteiger partial charge on any atom is -0.456 e. The minimum atomic E-state index is 0.754. The number of ether oxygens (including phenoxy) is 1. The van der Waals surface area contributed by atoms with E-state index in [4.69, 9.17) is 10.5 Å². The van der Waals surface area contributed by atoms with Gasteiger partial charge in [0.1, 0.15) is 11.5 Å². The molecule has 0 aliphatic carbocycles. The van der Waals surface area contributed by atoms with Crippen LogP contribution in [-0.2, 0) is 6.42 Å². The van der Waals surface area contributed by atoms with Crippen molar-refractivity contribution in [3.63, 3.8) is 0 Å². The molecule has 0 amide bonds. The fourth-order valence-corrected chi connectivity index (χ4v) is 2.21. The van der Waals surface area contributed by atoms with Gasteiger partial charge in [-0.25, -0.2) is 0 Å². The van der Waals surface area contributed by atoms with Crippen LogP contribution in [0.4, 0.5) is 5.69 Å². The lowest BCUT2D eigenvalue weighted by molar-refractivity contribution is 0.479. The van der Waals surface area contributed by atoms with Gasteiger partial charge >= 0.3 is 0 Å². The molecule has 3 heteroatoms. The highest BCUT2D eigenvalue weighted by molar-refractivity contribution is 14.1. The summed E-state index contributed by atoms with van der Waals surface area (Å²) in [5, 5.41) is 0. The van der Waals surface area contributed by atoms with Gasteiger partial charge in [-0.1, -0.05) is 19.1 Å². The van der Waals surface area contributed by atoms with Crippen molar-refractivity contribution in [3.8, 4) is 11.5 Å². The van der Waals surface area contributed by atoms with Crippen molar-refractivity contribution in [2.45, 2.75) is 13.3 Å². The Bertz CT molecular complexity index is 525. The summed E-state index contributed by atoms with van der Waals surface area (Å²) >= 11 is 2.23. The van der Waals surface area contributed by atoms with E-state index in [1.54, 1.807) is 0 Å². The number of nitrogens with two attached hydrogens (primary N) is 1. The van der Waals surface area contributed by atoms with Crippen LogP contribution < -0.4 is 10.5 Å². The highest BCUT2D eigenvalue weighted by atomic mass is 127. The summed E-state index contributed by atoms with van der Waals surface area (Å²) in [6.07, 6.45) is 1.01. The summed E-state index contributed by atoms with van der Waals surface area (Å²) in [7, 11) is 0. The molecule has 0 bridgehead atoms. The van der Waals surface area contributed by atoms with Crippen molar-refractivity contribution in [2.24, 2.45) is 0 Å². The van der Waals surface area contributed by atoms with E-state index in [2.05, 4.69) is 41.6 Å². The summed E-state index contributed by atoms with van der Waals surface area (Å²) in [6.45, 7) is 2.13. The quantitative estimate of drug-likeness (QED) is 0.671. The Balaban J connectivity index is 2.25. The van der Waals surface area contributed by atoms with Crippen LogP contribution in [-0.4, -0.2) is 0 Å². The molecule has 0 heterocycles. The number of halogens is 1. The predicted octanol–water partition coefficient (Wildman–Crippen LogP) is 4.23. The smallest absolute Gasteiger partial charge is 0.140 e. The van der Waals surface area contributed by atoms with Crippen LogP contribution in [0, 0.1) is 3.57 Å². The van der Waals surface area contributed by atoms with Crippen LogP contribution in [0.25, 0.3) is 0 Å². The summed E-state index contributed by atoms with van der Waals surface area (Å²) < 4.78 is 6.86. The lowest BCUT2D eigenvalue weighted by Gasteiger charge is -2.09. The van der Waals surface area contributed by atoms with E-state index in [-0.39, 0.29) is 0 Å². The second-order valence-electron chi connectivity index (χ2n) is 3.79. The Labute approximate surface area is 115 Å². The Kier molecular flexibility index (Phi) is 3.89. The highest BCUT2D eigenvalue weighted by Crippen LogP contribution is 2.28. The Morgan fingerprint density at radius 2 is 2.00 bits per heavy atom. The molecule has 0 atom stereocenters. The zero-order valence-corrected chi connectivity index (χ0v) is 11.8. The lowest BCUT2D eigenvalue weighted by atomic mass is 10.2. The van der Waals surface area contributed by atoms with Crippen molar-refractivity contribution in [2.75, 3.05) is 5.73 Å². The van der Waals surface area contributed by atoms with Crippen LogP contribution in [0.5, 0.6) is 11.5 Å². The monoisotopic (exact) mass is 339 g/mol. The maximum absolute atomic E-state index is 5.84. The van der Waals surface area contributed by atoms with Gasteiger partial charge < -0.3 is 10.5 Å². The summed E-state index contributed by atoms with van der Waals surface area (Å²) in [5.74, 6) is 1.71. The molecule has 0 aromatic heterocycles. The fraction of sp³-hybridized carbons (Fsp3) is 0.143. The van der Waals surface area contributed by atoms with E-state index in [0.717, 1.165) is 27.2 Å². The van der Waals surface area contributed by atoms with E-state index in [1.165, 1.54) is 5.56 Å². The van der Waals surface area contributed by atoms with Crippen LogP contribution >= 0.6 is 22.6 Å². The van der Waals surface area contributed by atoms with Crippen molar-refractivity contribution < 1.29 is 4.74 Å². The van der Waals surface area contributed by atoms with Crippen LogP contribution in [0.3, 0.4) is 0 Å². The number of nitrogen functional groups attached to an aromatic ring is 1. The zero-order chi connectivity index (χ0) is 12.3. The van der Waals surface area contributed by atoms with Crippen LogP contribution in [0.1, 0.15) is 12.5 Å². The largest absolute Gasteiger partial charge is 0.456 e. The number of hydrogen-bond acceptors (Lipinski definition) is 2. The van der Waals surface area contributed by atoms with E-state index in [0.29, 0.717) is 0 Å². The molecule has 2 nitrogen and oxygen atoms in total. The van der Waals surface area contributed by atoms with Gasteiger partial charge in [0, 0.05) is 5.69 Å². The fourth-order valence-electron chi connectivity index (χ4n) is 1.56. The van der Waals surface area contributed by atoms with Crippen LogP contribution in [0.15, 0.2) is 42.5 Å². The van der Waals surface area contributed by atoms with E-state index in [1.807, 2.05) is 30.3 Å². The maximum atomic E-state index is 5.84. The number of anilines is 1. The number of hydrogen-bond donors (Lipinski definition) is 1. The standard InChI is InChI=1S/C14H14INO/c1-2-10-4-3-5-12(8-10)17-14-7-6-11(16)9-13(14)15/h3-9H,2,16H2,1H3. The summed E-state index contributed by atoms with van der Waals surface area (Å²) in [5.41, 5.74) is 7.73. The molecule has 2 aromatic rings. The average molecular weight is 339 g/mol. The van der Waals surface area contributed by atoms with Gasteiger partial charge in [0.25, 0.3) is 0 Å². The molecular formula is C14H14INO. The second kappa shape index (κ2) is 5.40. The van der Waals surface area contributed by atoms with Crippen molar-refractivity contribution in [1.82, 2.24) is 0 Å². The number of rotatable bonds is 3. The number of aryl methyl sites for hydroxylation is 1. The van der Waals surface area contributed by atoms with E-state index in [9.17, 15) is 0 Å². The van der Waals surface area contributed by atoms with Crippen LogP contribution in [0.2, 0.25) is 0 Å². The normalized spacial score (nSPS) is 10.2. The third kappa shape index (κ3) is 3.12. The molecule has 0 fully saturated rings. The number of benzene rings is 2. The predicted molar refractivity (Wildman–Crippen MR) is 79.5 cm³/mol. The summed E-state index contributed by atoms with van der Waals surface area (Å²) in [4.78, 5) is 0. The molecule has 88 valence electrons. The van der Waals surface area contributed by atoms with Gasteiger partial charge in [0.15, 0.2) is 0 Å². The maximum Gasteiger partial charge on any atom is 0.140 e. The van der Waals surface area contributed by atoms with E-state index >= 15 is 0 Å². The molecule has 2 N–H and O–H groups in total. The minimum absolute atomic E-state index is 0.754. The Morgan fingerprint density at radius 1 is 1.18 bits per heavy atom. The molecule has 0 spiro atoms. The topological polar surface area (TPSA) is 35.2 Å². The molecule has 0 radical (unpaired) electrons.